The molecule has 0 saturated heterocycles. The zero-order chi connectivity index (χ0) is 9.14. The van der Waals surface area contributed by atoms with Crippen molar-refractivity contribution in [3.63, 3.8) is 0 Å². The van der Waals surface area contributed by atoms with Gasteiger partial charge in [0.05, 0.1) is 0 Å². The Morgan fingerprint density at radius 1 is 1.15 bits per heavy atom. The van der Waals surface area contributed by atoms with E-state index in [1.807, 2.05) is 13.0 Å². The average molecular weight is 169 g/mol. The van der Waals surface area contributed by atoms with E-state index in [0.29, 0.717) is 5.69 Å². The summed E-state index contributed by atoms with van der Waals surface area (Å²) in [5.41, 5.74) is 12.2. The minimum absolute atomic E-state index is 0. The summed E-state index contributed by atoms with van der Waals surface area (Å²) in [6.07, 6.45) is 2.12. The van der Waals surface area contributed by atoms with E-state index in [0.717, 1.165) is 18.4 Å². The average Bonchev–Trinajstić information content (AvgIpc) is 2.09. The molecule has 0 aromatic heterocycles. The second-order valence-electron chi connectivity index (χ2n) is 3.08. The number of hydrogen-bond donors (Lipinski definition) is 0. The maximum absolute atomic E-state index is 7.64. The molecule has 0 amide bonds. The van der Waals surface area contributed by atoms with Crippen LogP contribution >= 0.6 is 0 Å². The van der Waals surface area contributed by atoms with Crippen LogP contribution < -0.4 is 18.9 Å². The normalized spacial score (nSPS) is 9.46. The van der Waals surface area contributed by atoms with Gasteiger partial charge in [-0.25, -0.2) is 0 Å². The molecule has 2 heteroatoms. The summed E-state index contributed by atoms with van der Waals surface area (Å²) in [4.78, 5) is 0. The van der Waals surface area contributed by atoms with Crippen LogP contribution in [0, 0.1) is 6.92 Å². The molecule has 1 aromatic carbocycles. The van der Waals surface area contributed by atoms with E-state index in [1.54, 1.807) is 0 Å². The molecule has 0 heterocycles. The van der Waals surface area contributed by atoms with Crippen LogP contribution in [0.1, 0.15) is 30.5 Å². The van der Waals surface area contributed by atoms with Crippen LogP contribution in [-0.4, -0.2) is 0 Å². The van der Waals surface area contributed by atoms with Crippen molar-refractivity contribution >= 4 is 5.69 Å². The van der Waals surface area contributed by atoms with Crippen molar-refractivity contribution in [1.82, 2.24) is 0 Å². The summed E-state index contributed by atoms with van der Waals surface area (Å²) in [5.74, 6) is 0. The molecule has 1 aromatic rings. The summed E-state index contributed by atoms with van der Waals surface area (Å²) < 4.78 is 0. The van der Waals surface area contributed by atoms with E-state index in [4.69, 9.17) is 5.73 Å². The van der Waals surface area contributed by atoms with Crippen molar-refractivity contribution in [2.75, 3.05) is 0 Å². The smallest absolute Gasteiger partial charge is 0.698 e. The molecule has 0 fully saturated rings. The number of aryl methyl sites for hydroxylation is 1. The zero-order valence-electron chi connectivity index (χ0n) is 9.07. The minimum atomic E-state index is 0. The molecule has 0 aliphatic heterocycles. The largest absolute Gasteiger partial charge is 1.00 e. The van der Waals surface area contributed by atoms with Crippen LogP contribution in [0.2, 0.25) is 0 Å². The van der Waals surface area contributed by atoms with Gasteiger partial charge in [-0.2, -0.15) is 0 Å². The second kappa shape index (κ2) is 5.37. The molecule has 0 saturated carbocycles. The summed E-state index contributed by atoms with van der Waals surface area (Å²) in [7, 11) is 0. The summed E-state index contributed by atoms with van der Waals surface area (Å²) in [6, 6.07) is 3.97. The minimum Gasteiger partial charge on any atom is -0.698 e. The van der Waals surface area contributed by atoms with Gasteiger partial charge in [0, 0.05) is 0 Å². The number of rotatable bonds is 2. The Kier molecular flexibility index (Phi) is 5.21. The van der Waals surface area contributed by atoms with Crippen molar-refractivity contribution in [2.45, 2.75) is 33.6 Å². The van der Waals surface area contributed by atoms with Gasteiger partial charge in [-0.05, 0) is 30.9 Å². The van der Waals surface area contributed by atoms with Crippen molar-refractivity contribution in [3.05, 3.63) is 34.6 Å². The van der Waals surface area contributed by atoms with Crippen LogP contribution in [0.3, 0.4) is 0 Å². The Hall–Kier alpha value is -0.383. The van der Waals surface area contributed by atoms with Crippen LogP contribution in [0.4, 0.5) is 5.69 Å². The van der Waals surface area contributed by atoms with Gasteiger partial charge in [-0.15, -0.1) is 5.69 Å². The zero-order valence-corrected chi connectivity index (χ0v) is 9.07. The number of benzene rings is 1. The van der Waals surface area contributed by atoms with Crippen LogP contribution in [0.25, 0.3) is 5.73 Å². The molecule has 0 unspecified atom stereocenters. The standard InChI is InChI=1S/C11H16N.Li/c1-4-9-6-7-11(12)8(3)10(9)5-2;/h6-7,12H,4-5H2,1-3H3;/q-1;+1. The van der Waals surface area contributed by atoms with Gasteiger partial charge in [0.15, 0.2) is 0 Å². The molecule has 0 bridgehead atoms. The van der Waals surface area contributed by atoms with Gasteiger partial charge < -0.3 is 5.73 Å². The van der Waals surface area contributed by atoms with Gasteiger partial charge in [0.2, 0.25) is 0 Å². The predicted octanol–water partition coefficient (Wildman–Crippen LogP) is 0.808. The van der Waals surface area contributed by atoms with Gasteiger partial charge >= 0.3 is 18.9 Å². The van der Waals surface area contributed by atoms with E-state index < -0.39 is 0 Å². The molecule has 0 atom stereocenters. The molecule has 13 heavy (non-hydrogen) atoms. The van der Waals surface area contributed by atoms with Crippen LogP contribution in [0.5, 0.6) is 0 Å². The second-order valence-corrected chi connectivity index (χ2v) is 3.08. The first-order chi connectivity index (χ1) is 5.70. The maximum atomic E-state index is 7.64. The third-order valence-corrected chi connectivity index (χ3v) is 2.43. The van der Waals surface area contributed by atoms with Crippen LogP contribution in [-0.2, 0) is 12.8 Å². The molecule has 0 aliphatic rings. The van der Waals surface area contributed by atoms with E-state index >= 15 is 0 Å². The number of hydrogen-bond acceptors (Lipinski definition) is 0. The monoisotopic (exact) mass is 169 g/mol. The predicted molar refractivity (Wildman–Crippen MR) is 53.9 cm³/mol. The first kappa shape index (κ1) is 12.6. The summed E-state index contributed by atoms with van der Waals surface area (Å²) in [5, 5.41) is 0. The quantitative estimate of drug-likeness (QED) is 0.585. The Morgan fingerprint density at radius 2 is 1.77 bits per heavy atom. The Bertz CT molecular complexity index is 282. The Labute approximate surface area is 92.9 Å². The maximum Gasteiger partial charge on any atom is 1.00 e. The molecule has 0 radical (unpaired) electrons. The molecule has 0 spiro atoms. The van der Waals surface area contributed by atoms with E-state index in [2.05, 4.69) is 19.9 Å². The molecule has 1 nitrogen and oxygen atoms in total. The van der Waals surface area contributed by atoms with Gasteiger partial charge in [-0.1, -0.05) is 31.5 Å². The van der Waals surface area contributed by atoms with E-state index in [9.17, 15) is 0 Å². The fourth-order valence-corrected chi connectivity index (χ4v) is 1.64. The number of nitrogens with one attached hydrogen (secondary N) is 1. The van der Waals surface area contributed by atoms with E-state index in [1.165, 1.54) is 11.1 Å². The fraction of sp³-hybridized carbons (Fsp3) is 0.455. The Morgan fingerprint density at radius 3 is 2.23 bits per heavy atom. The van der Waals surface area contributed by atoms with Gasteiger partial charge in [0.1, 0.15) is 0 Å². The van der Waals surface area contributed by atoms with Crippen molar-refractivity contribution in [3.8, 4) is 0 Å². The van der Waals surface area contributed by atoms with Gasteiger partial charge in [0.25, 0.3) is 0 Å². The molecule has 66 valence electrons. The molecular weight excluding hydrogens is 153 g/mol. The third-order valence-electron chi connectivity index (χ3n) is 2.43. The first-order valence-corrected chi connectivity index (χ1v) is 4.53. The first-order valence-electron chi connectivity index (χ1n) is 4.53. The van der Waals surface area contributed by atoms with E-state index in [-0.39, 0.29) is 18.9 Å². The summed E-state index contributed by atoms with van der Waals surface area (Å²) >= 11 is 0. The topological polar surface area (TPSA) is 23.8 Å². The Balaban J connectivity index is 0.00000144. The molecule has 1 N–H and O–H groups in total. The van der Waals surface area contributed by atoms with Crippen molar-refractivity contribution in [1.29, 1.82) is 0 Å². The van der Waals surface area contributed by atoms with Crippen molar-refractivity contribution < 1.29 is 18.9 Å². The molecular formula is C11H16LiN. The fourth-order valence-electron chi connectivity index (χ4n) is 1.64. The molecule has 1 rings (SSSR count). The van der Waals surface area contributed by atoms with Crippen molar-refractivity contribution in [2.24, 2.45) is 0 Å². The summed E-state index contributed by atoms with van der Waals surface area (Å²) in [6.45, 7) is 6.36. The third kappa shape index (κ3) is 2.53. The SMILES string of the molecule is CCc1ccc([NH-])c(C)c1CC.[Li+]. The molecule has 0 aliphatic carbocycles. The van der Waals surface area contributed by atoms with Crippen LogP contribution in [0.15, 0.2) is 12.1 Å². The van der Waals surface area contributed by atoms with Gasteiger partial charge in [-0.3, -0.25) is 0 Å².